The van der Waals surface area contributed by atoms with Crippen LogP contribution in [-0.4, -0.2) is 42.9 Å². The van der Waals surface area contributed by atoms with Gasteiger partial charge in [-0.3, -0.25) is 9.59 Å². The van der Waals surface area contributed by atoms with Gasteiger partial charge in [0.05, 0.1) is 4.88 Å². The van der Waals surface area contributed by atoms with E-state index in [0.29, 0.717) is 18.7 Å². The van der Waals surface area contributed by atoms with Crippen LogP contribution >= 0.6 is 11.3 Å². The number of carbonyl (C=O) groups excluding carboxylic acids is 2. The highest BCUT2D eigenvalue weighted by atomic mass is 32.1. The van der Waals surface area contributed by atoms with Crippen molar-refractivity contribution in [3.8, 4) is 0 Å². The maximum absolute atomic E-state index is 12.4. The number of amides is 2. The Bertz CT molecular complexity index is 932. The molecule has 6 heteroatoms. The number of thiophene rings is 1. The fraction of sp³-hybridized carbons (Fsp3) is 0.182. The molecule has 0 saturated carbocycles. The normalized spacial score (nSPS) is 14.0. The maximum Gasteiger partial charge on any atom is 0.264 e. The zero-order chi connectivity index (χ0) is 19.3. The number of carbonyl (C=O) groups is 2. The maximum atomic E-state index is 12.4. The molecule has 28 heavy (non-hydrogen) atoms. The summed E-state index contributed by atoms with van der Waals surface area (Å²) in [5, 5.41) is 4.85. The second-order valence-corrected chi connectivity index (χ2v) is 7.57. The molecule has 4 rings (SSSR count). The molecule has 0 spiro atoms. The Morgan fingerprint density at radius 3 is 2.18 bits per heavy atom. The van der Waals surface area contributed by atoms with Crippen molar-refractivity contribution < 1.29 is 9.59 Å². The lowest BCUT2D eigenvalue weighted by molar-refractivity contribution is 0.0751. The van der Waals surface area contributed by atoms with Gasteiger partial charge in [0.2, 0.25) is 0 Å². The third-order valence-corrected chi connectivity index (χ3v) is 5.68. The molecule has 0 aliphatic carbocycles. The van der Waals surface area contributed by atoms with E-state index in [1.807, 2.05) is 64.9 Å². The second-order valence-electron chi connectivity index (χ2n) is 6.62. The lowest BCUT2D eigenvalue weighted by Gasteiger charge is -2.36. The van der Waals surface area contributed by atoms with Gasteiger partial charge in [-0.1, -0.05) is 24.3 Å². The summed E-state index contributed by atoms with van der Waals surface area (Å²) < 4.78 is 0. The number of piperazine rings is 1. The molecule has 5 nitrogen and oxygen atoms in total. The van der Waals surface area contributed by atoms with Crippen molar-refractivity contribution in [3.63, 3.8) is 0 Å². The number of hydrogen-bond acceptors (Lipinski definition) is 4. The van der Waals surface area contributed by atoms with E-state index >= 15 is 0 Å². The van der Waals surface area contributed by atoms with Crippen molar-refractivity contribution in [2.45, 2.75) is 0 Å². The Morgan fingerprint density at radius 1 is 0.821 bits per heavy atom. The number of nitrogens with zero attached hydrogens (tertiary/aromatic N) is 2. The summed E-state index contributed by atoms with van der Waals surface area (Å²) in [6.07, 6.45) is 0. The van der Waals surface area contributed by atoms with Gasteiger partial charge in [0.15, 0.2) is 0 Å². The van der Waals surface area contributed by atoms with Gasteiger partial charge in [-0.2, -0.15) is 0 Å². The molecule has 1 aromatic heterocycles. The number of nitrogens with one attached hydrogen (secondary N) is 1. The van der Waals surface area contributed by atoms with Crippen LogP contribution in [0.4, 0.5) is 11.4 Å². The van der Waals surface area contributed by atoms with Crippen molar-refractivity contribution in [2.75, 3.05) is 36.4 Å². The second kappa shape index (κ2) is 8.27. The minimum atomic E-state index is -0.117. The Labute approximate surface area is 168 Å². The Kier molecular flexibility index (Phi) is 5.39. The minimum Gasteiger partial charge on any atom is -0.368 e. The third-order valence-electron chi connectivity index (χ3n) is 4.83. The number of anilines is 2. The summed E-state index contributed by atoms with van der Waals surface area (Å²) in [4.78, 5) is 29.7. The molecule has 2 heterocycles. The first kappa shape index (κ1) is 18.3. The molecule has 3 aromatic rings. The molecule has 2 aromatic carbocycles. The van der Waals surface area contributed by atoms with Gasteiger partial charge in [0, 0.05) is 43.1 Å². The smallest absolute Gasteiger partial charge is 0.264 e. The van der Waals surface area contributed by atoms with Crippen LogP contribution < -0.4 is 10.2 Å². The van der Waals surface area contributed by atoms with E-state index in [1.165, 1.54) is 11.3 Å². The van der Waals surface area contributed by atoms with Crippen molar-refractivity contribution in [1.82, 2.24) is 4.90 Å². The molecule has 1 saturated heterocycles. The SMILES string of the molecule is O=C(Nc1ccc(N2CCN(C(=O)c3cccs3)CC2)cc1)c1ccccc1. The lowest BCUT2D eigenvalue weighted by atomic mass is 10.2. The molecule has 0 unspecified atom stereocenters. The summed E-state index contributed by atoms with van der Waals surface area (Å²) in [5.41, 5.74) is 2.50. The molecule has 2 amide bonds. The molecule has 0 atom stereocenters. The molecular weight excluding hydrogens is 370 g/mol. The van der Waals surface area contributed by atoms with Gasteiger partial charge in [0.25, 0.3) is 11.8 Å². The first-order valence-electron chi connectivity index (χ1n) is 9.25. The van der Waals surface area contributed by atoms with Crippen LogP contribution in [0.15, 0.2) is 72.1 Å². The summed E-state index contributed by atoms with van der Waals surface area (Å²) in [6.45, 7) is 3.02. The quantitative estimate of drug-likeness (QED) is 0.732. The summed E-state index contributed by atoms with van der Waals surface area (Å²) in [6, 6.07) is 20.8. The Balaban J connectivity index is 1.33. The molecule has 1 N–H and O–H groups in total. The highest BCUT2D eigenvalue weighted by Crippen LogP contribution is 2.21. The average molecular weight is 391 g/mol. The fourth-order valence-electron chi connectivity index (χ4n) is 3.27. The summed E-state index contributed by atoms with van der Waals surface area (Å²) in [7, 11) is 0. The molecule has 1 fully saturated rings. The average Bonchev–Trinajstić information content (AvgIpc) is 3.29. The number of rotatable bonds is 4. The van der Waals surface area contributed by atoms with E-state index in [2.05, 4.69) is 10.2 Å². The first-order valence-corrected chi connectivity index (χ1v) is 10.1. The Hall–Kier alpha value is -3.12. The van der Waals surface area contributed by atoms with Crippen molar-refractivity contribution in [1.29, 1.82) is 0 Å². The van der Waals surface area contributed by atoms with Gasteiger partial charge in [-0.05, 0) is 47.8 Å². The predicted molar refractivity (Wildman–Crippen MR) is 113 cm³/mol. The third kappa shape index (κ3) is 4.07. The number of hydrogen-bond donors (Lipinski definition) is 1. The topological polar surface area (TPSA) is 52.7 Å². The predicted octanol–water partition coefficient (Wildman–Crippen LogP) is 3.96. The highest BCUT2D eigenvalue weighted by molar-refractivity contribution is 7.12. The summed E-state index contributed by atoms with van der Waals surface area (Å²) in [5.74, 6) is 0.00248. The van der Waals surface area contributed by atoms with Gasteiger partial charge >= 0.3 is 0 Å². The molecular formula is C22H21N3O2S. The molecule has 142 valence electrons. The largest absolute Gasteiger partial charge is 0.368 e. The summed E-state index contributed by atoms with van der Waals surface area (Å²) >= 11 is 1.49. The zero-order valence-electron chi connectivity index (χ0n) is 15.4. The van der Waals surface area contributed by atoms with Crippen LogP contribution in [-0.2, 0) is 0 Å². The molecule has 0 radical (unpaired) electrons. The van der Waals surface area contributed by atoms with E-state index in [9.17, 15) is 9.59 Å². The van der Waals surface area contributed by atoms with E-state index in [4.69, 9.17) is 0 Å². The molecule has 1 aliphatic heterocycles. The van der Waals surface area contributed by atoms with Crippen LogP contribution in [0, 0.1) is 0 Å². The molecule has 0 bridgehead atoms. The van der Waals surface area contributed by atoms with Gasteiger partial charge < -0.3 is 15.1 Å². The van der Waals surface area contributed by atoms with E-state index in [-0.39, 0.29) is 11.8 Å². The van der Waals surface area contributed by atoms with E-state index in [0.717, 1.165) is 29.3 Å². The monoisotopic (exact) mass is 391 g/mol. The van der Waals surface area contributed by atoms with Crippen molar-refractivity contribution in [3.05, 3.63) is 82.6 Å². The van der Waals surface area contributed by atoms with Crippen LogP contribution in [0.3, 0.4) is 0 Å². The van der Waals surface area contributed by atoms with Crippen LogP contribution in [0.5, 0.6) is 0 Å². The fourth-order valence-corrected chi connectivity index (χ4v) is 3.96. The highest BCUT2D eigenvalue weighted by Gasteiger charge is 2.22. The van der Waals surface area contributed by atoms with Crippen molar-refractivity contribution in [2.24, 2.45) is 0 Å². The van der Waals surface area contributed by atoms with Gasteiger partial charge in [0.1, 0.15) is 0 Å². The van der Waals surface area contributed by atoms with Crippen molar-refractivity contribution >= 4 is 34.5 Å². The molecule has 1 aliphatic rings. The van der Waals surface area contributed by atoms with Gasteiger partial charge in [-0.15, -0.1) is 11.3 Å². The lowest BCUT2D eigenvalue weighted by Crippen LogP contribution is -2.48. The standard InChI is InChI=1S/C22H21N3O2S/c26-21(17-5-2-1-3-6-17)23-18-8-10-19(11-9-18)24-12-14-25(15-13-24)22(27)20-7-4-16-28-20/h1-11,16H,12-15H2,(H,23,26). The van der Waals surface area contributed by atoms with E-state index < -0.39 is 0 Å². The Morgan fingerprint density at radius 2 is 1.54 bits per heavy atom. The number of benzene rings is 2. The zero-order valence-corrected chi connectivity index (χ0v) is 16.2. The minimum absolute atomic E-state index is 0.117. The van der Waals surface area contributed by atoms with Crippen LogP contribution in [0.1, 0.15) is 20.0 Å². The van der Waals surface area contributed by atoms with Crippen LogP contribution in [0.25, 0.3) is 0 Å². The van der Waals surface area contributed by atoms with Gasteiger partial charge in [-0.25, -0.2) is 0 Å². The van der Waals surface area contributed by atoms with E-state index in [1.54, 1.807) is 12.1 Å². The first-order chi connectivity index (χ1) is 13.7. The van der Waals surface area contributed by atoms with Crippen LogP contribution in [0.2, 0.25) is 0 Å².